The lowest BCUT2D eigenvalue weighted by molar-refractivity contribution is 0.977. The number of rotatable bonds is 0. The average molecular weight is 328 g/mol. The van der Waals surface area contributed by atoms with Gasteiger partial charge in [-0.1, -0.05) is 30.3 Å². The lowest BCUT2D eigenvalue weighted by Crippen LogP contribution is -1.88. The van der Waals surface area contributed by atoms with Crippen LogP contribution in [0.25, 0.3) is 48.1 Å². The Kier molecular flexibility index (Phi) is 2.15. The van der Waals surface area contributed by atoms with Crippen molar-refractivity contribution in [3.63, 3.8) is 0 Å². The Morgan fingerprint density at radius 3 is 2.75 bits per heavy atom. The fourth-order valence-corrected chi connectivity index (χ4v) is 4.93. The third-order valence-electron chi connectivity index (χ3n) is 4.76. The normalized spacial score (nSPS) is 12.4. The highest BCUT2D eigenvalue weighted by molar-refractivity contribution is 7.26. The summed E-state index contributed by atoms with van der Waals surface area (Å²) in [6.07, 6.45) is 1.98. The fraction of sp³-hybridized carbons (Fsp3) is 0.0526. The maximum absolute atomic E-state index is 4.82. The van der Waals surface area contributed by atoms with Gasteiger partial charge in [0.15, 0.2) is 0 Å². The van der Waals surface area contributed by atoms with Crippen LogP contribution in [0.3, 0.4) is 0 Å². The molecule has 0 aliphatic carbocycles. The van der Waals surface area contributed by atoms with Crippen LogP contribution >= 0.6 is 11.3 Å². The van der Waals surface area contributed by atoms with Crippen molar-refractivity contribution in [3.05, 3.63) is 54.7 Å². The van der Waals surface area contributed by atoms with E-state index >= 15 is 0 Å². The van der Waals surface area contributed by atoms with Crippen LogP contribution in [-0.4, -0.2) is 18.9 Å². The molecule has 0 aliphatic rings. The molecule has 6 aromatic rings. The second-order valence-corrected chi connectivity index (χ2v) is 7.12. The molecule has 4 heterocycles. The molecule has 0 radical (unpaired) electrons. The molecule has 24 heavy (non-hydrogen) atoms. The van der Waals surface area contributed by atoms with Gasteiger partial charge in [0.2, 0.25) is 5.78 Å². The Morgan fingerprint density at radius 1 is 0.958 bits per heavy atom. The summed E-state index contributed by atoms with van der Waals surface area (Å²) in [6.45, 7) is 0. The smallest absolute Gasteiger partial charge is 0.215 e. The van der Waals surface area contributed by atoms with Crippen LogP contribution in [0.1, 0.15) is 0 Å². The average Bonchev–Trinajstić information content (AvgIpc) is 3.25. The van der Waals surface area contributed by atoms with Crippen LogP contribution in [0.2, 0.25) is 0 Å². The first-order chi connectivity index (χ1) is 11.8. The number of para-hydroxylation sites is 2. The van der Waals surface area contributed by atoms with Crippen LogP contribution < -0.4 is 0 Å². The number of thiophene rings is 1. The van der Waals surface area contributed by atoms with Gasteiger partial charge < -0.3 is 4.57 Å². The first kappa shape index (κ1) is 12.5. The molecule has 0 saturated carbocycles. The molecule has 114 valence electrons. The van der Waals surface area contributed by atoms with Crippen LogP contribution in [0.4, 0.5) is 0 Å². The lowest BCUT2D eigenvalue weighted by Gasteiger charge is -1.98. The zero-order valence-electron chi connectivity index (χ0n) is 12.9. The standard InChI is InChI=1S/C19H12N4S/c1-22-17-14(23-13-8-4-3-7-12(13)21-19(22)23)10-20-16-11-6-2-5-9-15(11)24-18(16)17/h2-10H,1H3. The van der Waals surface area contributed by atoms with Crippen molar-refractivity contribution in [3.8, 4) is 0 Å². The predicted octanol–water partition coefficient (Wildman–Crippen LogP) is 4.74. The maximum atomic E-state index is 4.82. The van der Waals surface area contributed by atoms with E-state index < -0.39 is 0 Å². The fourth-order valence-electron chi connectivity index (χ4n) is 3.69. The summed E-state index contributed by atoms with van der Waals surface area (Å²) < 4.78 is 6.90. The van der Waals surface area contributed by atoms with Gasteiger partial charge in [0.25, 0.3) is 0 Å². The van der Waals surface area contributed by atoms with E-state index in [1.807, 2.05) is 12.3 Å². The van der Waals surface area contributed by atoms with Gasteiger partial charge in [-0.25, -0.2) is 4.98 Å². The number of benzene rings is 2. The van der Waals surface area contributed by atoms with Crippen molar-refractivity contribution in [1.29, 1.82) is 0 Å². The molecule has 0 N–H and O–H groups in total. The monoisotopic (exact) mass is 328 g/mol. The minimum atomic E-state index is 0.956. The minimum Gasteiger partial charge on any atom is -0.311 e. The summed E-state index contributed by atoms with van der Waals surface area (Å²) in [4.78, 5) is 9.61. The van der Waals surface area contributed by atoms with Gasteiger partial charge >= 0.3 is 0 Å². The number of nitrogens with zero attached hydrogens (tertiary/aromatic N) is 4. The molecule has 0 fully saturated rings. The van der Waals surface area contributed by atoms with Crippen molar-refractivity contribution in [2.24, 2.45) is 7.05 Å². The van der Waals surface area contributed by atoms with E-state index in [4.69, 9.17) is 9.97 Å². The Balaban J connectivity index is 1.93. The predicted molar refractivity (Wildman–Crippen MR) is 99.9 cm³/mol. The SMILES string of the molecule is Cn1c2c3sc4ccccc4c3ncc2n2c3ccccc3nc12. The molecular weight excluding hydrogens is 316 g/mol. The van der Waals surface area contributed by atoms with E-state index in [9.17, 15) is 0 Å². The van der Waals surface area contributed by atoms with E-state index in [1.54, 1.807) is 11.3 Å². The van der Waals surface area contributed by atoms with Gasteiger partial charge in [-0.15, -0.1) is 11.3 Å². The van der Waals surface area contributed by atoms with Crippen molar-refractivity contribution in [2.45, 2.75) is 0 Å². The van der Waals surface area contributed by atoms with Gasteiger partial charge in [0, 0.05) is 17.1 Å². The van der Waals surface area contributed by atoms with Crippen molar-refractivity contribution in [1.82, 2.24) is 18.9 Å². The molecule has 4 aromatic heterocycles. The summed E-state index contributed by atoms with van der Waals surface area (Å²) in [5.41, 5.74) is 5.53. The Morgan fingerprint density at radius 2 is 1.79 bits per heavy atom. The number of imidazole rings is 2. The second-order valence-electron chi connectivity index (χ2n) is 6.06. The highest BCUT2D eigenvalue weighted by Crippen LogP contribution is 2.38. The Hall–Kier alpha value is -2.92. The van der Waals surface area contributed by atoms with Crippen molar-refractivity contribution >= 4 is 59.5 Å². The molecule has 4 nitrogen and oxygen atoms in total. The molecule has 6 rings (SSSR count). The quantitative estimate of drug-likeness (QED) is 0.403. The van der Waals surface area contributed by atoms with Gasteiger partial charge in [-0.2, -0.15) is 0 Å². The molecular formula is C19H12N4S. The second kappa shape index (κ2) is 4.13. The Bertz CT molecular complexity index is 1420. The summed E-state index contributed by atoms with van der Waals surface area (Å²) in [5, 5.41) is 1.23. The molecule has 0 spiro atoms. The third kappa shape index (κ3) is 1.35. The molecule has 0 unspecified atom stereocenters. The van der Waals surface area contributed by atoms with Crippen LogP contribution in [0, 0.1) is 0 Å². The van der Waals surface area contributed by atoms with Crippen LogP contribution in [-0.2, 0) is 7.05 Å². The van der Waals surface area contributed by atoms with Gasteiger partial charge in [0.05, 0.1) is 38.5 Å². The number of aromatic nitrogens is 4. The van der Waals surface area contributed by atoms with Gasteiger partial charge in [0.1, 0.15) is 0 Å². The zero-order chi connectivity index (χ0) is 15.8. The van der Waals surface area contributed by atoms with E-state index in [0.717, 1.165) is 27.8 Å². The first-order valence-electron chi connectivity index (χ1n) is 7.85. The molecule has 5 heteroatoms. The number of fused-ring (bicyclic) bond motifs is 9. The molecule has 0 aliphatic heterocycles. The minimum absolute atomic E-state index is 0.956. The molecule has 0 bridgehead atoms. The summed E-state index contributed by atoms with van der Waals surface area (Å²) in [5.74, 6) is 0.956. The molecule has 0 saturated heterocycles. The zero-order valence-corrected chi connectivity index (χ0v) is 13.7. The highest BCUT2D eigenvalue weighted by Gasteiger charge is 2.18. The van der Waals surface area contributed by atoms with E-state index in [0.29, 0.717) is 0 Å². The highest BCUT2D eigenvalue weighted by atomic mass is 32.1. The number of pyridine rings is 1. The summed E-state index contributed by atoms with van der Waals surface area (Å²) >= 11 is 1.80. The maximum Gasteiger partial charge on any atom is 0.215 e. The van der Waals surface area contributed by atoms with Crippen molar-refractivity contribution < 1.29 is 0 Å². The van der Waals surface area contributed by atoms with Gasteiger partial charge in [-0.3, -0.25) is 9.38 Å². The third-order valence-corrected chi connectivity index (χ3v) is 5.93. The molecule has 2 aromatic carbocycles. The molecule has 0 atom stereocenters. The largest absolute Gasteiger partial charge is 0.311 e. The topological polar surface area (TPSA) is 35.1 Å². The van der Waals surface area contributed by atoms with Crippen LogP contribution in [0.5, 0.6) is 0 Å². The number of hydrogen-bond donors (Lipinski definition) is 0. The van der Waals surface area contributed by atoms with E-state index in [-0.39, 0.29) is 0 Å². The summed E-state index contributed by atoms with van der Waals surface area (Å²) in [6, 6.07) is 16.7. The Labute approximate surface area is 140 Å². The number of aryl methyl sites for hydroxylation is 1. The first-order valence-corrected chi connectivity index (χ1v) is 8.66. The van der Waals surface area contributed by atoms with Crippen LogP contribution in [0.15, 0.2) is 54.7 Å². The van der Waals surface area contributed by atoms with Crippen molar-refractivity contribution in [2.75, 3.05) is 0 Å². The van der Waals surface area contributed by atoms with E-state index in [1.165, 1.54) is 20.3 Å². The lowest BCUT2D eigenvalue weighted by atomic mass is 10.2. The summed E-state index contributed by atoms with van der Waals surface area (Å²) in [7, 11) is 2.09. The van der Waals surface area contributed by atoms with Gasteiger partial charge in [-0.05, 0) is 18.2 Å². The molecule has 0 amide bonds. The number of hydrogen-bond acceptors (Lipinski definition) is 3. The van der Waals surface area contributed by atoms with E-state index in [2.05, 4.69) is 58.5 Å².